The highest BCUT2D eigenvalue weighted by Crippen LogP contribution is 1.97. The first-order valence-electron chi connectivity index (χ1n) is 2.95. The summed E-state index contributed by atoms with van der Waals surface area (Å²) in [5, 5.41) is 2.50. The van der Waals surface area contributed by atoms with E-state index < -0.39 is 0 Å². The molecule has 0 saturated carbocycles. The number of hydrogen-bond donors (Lipinski definition) is 1. The highest BCUT2D eigenvalue weighted by Gasteiger charge is 2.04. The van der Waals surface area contributed by atoms with E-state index in [9.17, 15) is 4.79 Å². The Hall–Kier alpha value is -1.25. The van der Waals surface area contributed by atoms with E-state index >= 15 is 0 Å². The second-order valence-electron chi connectivity index (χ2n) is 1.73. The second kappa shape index (κ2) is 3.06. The van der Waals surface area contributed by atoms with Crippen LogP contribution >= 0.6 is 0 Å². The van der Waals surface area contributed by atoms with E-state index in [0.717, 1.165) is 0 Å². The van der Waals surface area contributed by atoms with Crippen molar-refractivity contribution in [2.75, 3.05) is 6.54 Å². The molecular formula is C7H8NO2. The van der Waals surface area contributed by atoms with Gasteiger partial charge in [-0.3, -0.25) is 4.79 Å². The van der Waals surface area contributed by atoms with Gasteiger partial charge >= 0.3 is 0 Å². The summed E-state index contributed by atoms with van der Waals surface area (Å²) in [5.74, 6) is 0.101. The molecule has 53 valence electrons. The first-order valence-corrected chi connectivity index (χ1v) is 2.95. The van der Waals surface area contributed by atoms with E-state index in [0.29, 0.717) is 12.3 Å². The average Bonchev–Trinajstić information content (AvgIpc) is 2.38. The van der Waals surface area contributed by atoms with Gasteiger partial charge in [0.25, 0.3) is 5.91 Å². The van der Waals surface area contributed by atoms with Crippen molar-refractivity contribution in [1.82, 2.24) is 5.32 Å². The lowest BCUT2D eigenvalue weighted by Gasteiger charge is -1.95. The van der Waals surface area contributed by atoms with Gasteiger partial charge < -0.3 is 9.73 Å². The lowest BCUT2D eigenvalue weighted by Crippen LogP contribution is -2.21. The Morgan fingerprint density at radius 1 is 1.80 bits per heavy atom. The minimum absolute atomic E-state index is 0.222. The molecule has 0 aromatic carbocycles. The molecule has 3 heteroatoms. The summed E-state index contributed by atoms with van der Waals surface area (Å²) in [6.07, 6.45) is 1.46. The zero-order chi connectivity index (χ0) is 7.40. The van der Waals surface area contributed by atoms with Gasteiger partial charge in [-0.1, -0.05) is 0 Å². The Morgan fingerprint density at radius 2 is 2.60 bits per heavy atom. The molecule has 0 atom stereocenters. The van der Waals surface area contributed by atoms with Crippen molar-refractivity contribution in [2.24, 2.45) is 0 Å². The molecule has 1 heterocycles. The standard InChI is InChI=1S/C7H8NO2/c1-2-8-7(9)6-4-3-5-10-6/h3-5H,1-2H2,(H,8,9). The van der Waals surface area contributed by atoms with E-state index in [1.807, 2.05) is 0 Å². The summed E-state index contributed by atoms with van der Waals surface area (Å²) < 4.78 is 4.81. The molecule has 0 aliphatic carbocycles. The van der Waals surface area contributed by atoms with Crippen LogP contribution in [0.3, 0.4) is 0 Å². The lowest BCUT2D eigenvalue weighted by molar-refractivity contribution is 0.0930. The molecule has 1 aromatic heterocycles. The van der Waals surface area contributed by atoms with Crippen LogP contribution in [0.15, 0.2) is 22.8 Å². The number of rotatable bonds is 2. The van der Waals surface area contributed by atoms with Crippen molar-refractivity contribution in [3.05, 3.63) is 31.1 Å². The molecule has 0 aliphatic rings. The third-order valence-corrected chi connectivity index (χ3v) is 1.03. The predicted octanol–water partition coefficient (Wildman–Crippen LogP) is 0.843. The Morgan fingerprint density at radius 3 is 3.10 bits per heavy atom. The molecule has 0 bridgehead atoms. The van der Waals surface area contributed by atoms with Crippen LogP contribution in [-0.2, 0) is 0 Å². The maximum atomic E-state index is 10.9. The van der Waals surface area contributed by atoms with Gasteiger partial charge in [-0.15, -0.1) is 0 Å². The minimum Gasteiger partial charge on any atom is -0.459 e. The van der Waals surface area contributed by atoms with E-state index in [-0.39, 0.29) is 5.91 Å². The molecule has 10 heavy (non-hydrogen) atoms. The molecule has 1 amide bonds. The van der Waals surface area contributed by atoms with Crippen LogP contribution in [0.5, 0.6) is 0 Å². The molecule has 0 aliphatic heterocycles. The molecule has 0 spiro atoms. The molecule has 0 unspecified atom stereocenters. The van der Waals surface area contributed by atoms with Crippen molar-refractivity contribution < 1.29 is 9.21 Å². The molecule has 0 fully saturated rings. The van der Waals surface area contributed by atoms with E-state index in [1.165, 1.54) is 6.26 Å². The highest BCUT2D eigenvalue weighted by molar-refractivity contribution is 5.91. The van der Waals surface area contributed by atoms with Gasteiger partial charge in [0.15, 0.2) is 5.76 Å². The monoisotopic (exact) mass is 138 g/mol. The summed E-state index contributed by atoms with van der Waals surface area (Å²) in [6, 6.07) is 3.27. The molecule has 1 aromatic rings. The summed E-state index contributed by atoms with van der Waals surface area (Å²) in [6.45, 7) is 3.84. The zero-order valence-electron chi connectivity index (χ0n) is 5.46. The second-order valence-corrected chi connectivity index (χ2v) is 1.73. The molecule has 1 radical (unpaired) electrons. The number of carbonyl (C=O) groups is 1. The van der Waals surface area contributed by atoms with Crippen LogP contribution in [0.25, 0.3) is 0 Å². The van der Waals surface area contributed by atoms with Crippen LogP contribution in [0.4, 0.5) is 0 Å². The van der Waals surface area contributed by atoms with Crippen molar-refractivity contribution >= 4 is 5.91 Å². The van der Waals surface area contributed by atoms with Crippen LogP contribution in [0.1, 0.15) is 10.6 Å². The maximum absolute atomic E-state index is 10.9. The van der Waals surface area contributed by atoms with Gasteiger partial charge in [0, 0.05) is 6.54 Å². The third-order valence-electron chi connectivity index (χ3n) is 1.03. The third kappa shape index (κ3) is 1.37. The van der Waals surface area contributed by atoms with Gasteiger partial charge in [-0.2, -0.15) is 0 Å². The number of furan rings is 1. The van der Waals surface area contributed by atoms with E-state index in [2.05, 4.69) is 12.2 Å². The van der Waals surface area contributed by atoms with Crippen molar-refractivity contribution in [1.29, 1.82) is 0 Å². The number of nitrogens with one attached hydrogen (secondary N) is 1. The molecule has 3 nitrogen and oxygen atoms in total. The summed E-state index contributed by atoms with van der Waals surface area (Å²) in [7, 11) is 0. The van der Waals surface area contributed by atoms with Gasteiger partial charge in [0.05, 0.1) is 6.26 Å². The van der Waals surface area contributed by atoms with Gasteiger partial charge in [-0.25, -0.2) is 0 Å². The predicted molar refractivity (Wildman–Crippen MR) is 36.4 cm³/mol. The van der Waals surface area contributed by atoms with Crippen LogP contribution < -0.4 is 5.32 Å². The maximum Gasteiger partial charge on any atom is 0.286 e. The molecular weight excluding hydrogens is 130 g/mol. The lowest BCUT2D eigenvalue weighted by atomic mass is 10.4. The van der Waals surface area contributed by atoms with Crippen LogP contribution in [0, 0.1) is 6.92 Å². The van der Waals surface area contributed by atoms with Gasteiger partial charge in [0.2, 0.25) is 0 Å². The Labute approximate surface area is 59.0 Å². The summed E-state index contributed by atoms with van der Waals surface area (Å²) >= 11 is 0. The van der Waals surface area contributed by atoms with Gasteiger partial charge in [0.1, 0.15) is 0 Å². The Balaban J connectivity index is 2.59. The summed E-state index contributed by atoms with van der Waals surface area (Å²) in [5.41, 5.74) is 0. The molecule has 0 saturated heterocycles. The van der Waals surface area contributed by atoms with Crippen LogP contribution in [0.2, 0.25) is 0 Å². The number of carbonyl (C=O) groups excluding carboxylic acids is 1. The molecule has 1 N–H and O–H groups in total. The fraction of sp³-hybridized carbons (Fsp3) is 0.143. The minimum atomic E-state index is -0.222. The smallest absolute Gasteiger partial charge is 0.286 e. The van der Waals surface area contributed by atoms with Crippen molar-refractivity contribution in [2.45, 2.75) is 0 Å². The Bertz CT molecular complexity index is 203. The first kappa shape index (κ1) is 6.86. The summed E-state index contributed by atoms with van der Waals surface area (Å²) in [4.78, 5) is 10.9. The SMILES string of the molecule is [CH2]CNC(=O)c1ccco1. The van der Waals surface area contributed by atoms with Crippen molar-refractivity contribution in [3.63, 3.8) is 0 Å². The Kier molecular flexibility index (Phi) is 2.10. The van der Waals surface area contributed by atoms with E-state index in [1.54, 1.807) is 12.1 Å². The number of amides is 1. The van der Waals surface area contributed by atoms with E-state index in [4.69, 9.17) is 4.42 Å². The van der Waals surface area contributed by atoms with Crippen molar-refractivity contribution in [3.8, 4) is 0 Å². The normalized spacial score (nSPS) is 9.30. The zero-order valence-corrected chi connectivity index (χ0v) is 5.46. The molecule has 1 rings (SSSR count). The first-order chi connectivity index (χ1) is 4.84. The average molecular weight is 138 g/mol. The largest absolute Gasteiger partial charge is 0.459 e. The van der Waals surface area contributed by atoms with Crippen LogP contribution in [-0.4, -0.2) is 12.5 Å². The number of hydrogen-bond acceptors (Lipinski definition) is 2. The highest BCUT2D eigenvalue weighted by atomic mass is 16.3. The van der Waals surface area contributed by atoms with Gasteiger partial charge in [-0.05, 0) is 19.1 Å². The fourth-order valence-corrected chi connectivity index (χ4v) is 0.608. The quantitative estimate of drug-likeness (QED) is 0.658. The fourth-order valence-electron chi connectivity index (χ4n) is 0.608. The topological polar surface area (TPSA) is 42.2 Å².